The molecule has 0 bridgehead atoms. The zero-order chi connectivity index (χ0) is 59.1. The van der Waals surface area contributed by atoms with Crippen LogP contribution < -0.4 is 0 Å². The number of aliphatic hydroxyl groups excluding tert-OH is 1. The molecule has 0 aliphatic heterocycles. The number of ether oxygens (including phenoxy) is 2. The molecule has 0 amide bonds. The monoisotopic (exact) mass is 1130 g/mol. The Morgan fingerprint density at radius 1 is 0.280 bits per heavy atom. The van der Waals surface area contributed by atoms with E-state index in [1.54, 1.807) is 0 Å². The van der Waals surface area contributed by atoms with E-state index in [-0.39, 0.29) is 25.2 Å². The lowest BCUT2D eigenvalue weighted by Gasteiger charge is -2.15. The molecule has 0 aliphatic carbocycles. The number of aliphatic hydroxyl groups is 1. The average molecular weight is 1140 g/mol. The second-order valence-corrected chi connectivity index (χ2v) is 22.8. The second kappa shape index (κ2) is 71.3. The van der Waals surface area contributed by atoms with Crippen molar-refractivity contribution < 1.29 is 24.2 Å². The SMILES string of the molecule is CC/C=C\C/C=C\C/C=C\C/C=C\C/C=C\C/C=C\CCCCCCCCCCCCC(=O)OC(CO)COC(=O)CCCCCCCCCCCCCCCCCCCCCCCCC/C=C\C/C=C\C/C=C\C/C=C\C/C=C\CC. The molecule has 0 aliphatic rings. The molecule has 0 saturated heterocycles. The summed E-state index contributed by atoms with van der Waals surface area (Å²) >= 11 is 0. The van der Waals surface area contributed by atoms with Gasteiger partial charge in [0.1, 0.15) is 6.61 Å². The van der Waals surface area contributed by atoms with Gasteiger partial charge in [-0.3, -0.25) is 9.59 Å². The molecule has 468 valence electrons. The number of unbranched alkanes of at least 4 members (excludes halogenated alkanes) is 33. The van der Waals surface area contributed by atoms with Crippen LogP contribution in [-0.2, 0) is 19.1 Å². The Kier molecular flexibility index (Phi) is 67.9. The minimum Gasteiger partial charge on any atom is -0.462 e. The van der Waals surface area contributed by atoms with Crippen molar-refractivity contribution in [2.24, 2.45) is 0 Å². The van der Waals surface area contributed by atoms with Crippen LogP contribution in [0.2, 0.25) is 0 Å². The lowest BCUT2D eigenvalue weighted by molar-refractivity contribution is -0.161. The summed E-state index contributed by atoms with van der Waals surface area (Å²) in [7, 11) is 0. The first-order chi connectivity index (χ1) is 40.6. The summed E-state index contributed by atoms with van der Waals surface area (Å²) in [6.45, 7) is 3.93. The molecule has 0 rings (SSSR count). The summed E-state index contributed by atoms with van der Waals surface area (Å²) in [5.74, 6) is -0.589. The number of carbonyl (C=O) groups excluding carboxylic acids is 2. The molecule has 1 unspecified atom stereocenters. The molecule has 5 heteroatoms. The molecule has 5 nitrogen and oxygen atoms in total. The van der Waals surface area contributed by atoms with Gasteiger partial charge in [-0.1, -0.05) is 334 Å². The molecule has 0 radical (unpaired) electrons. The normalized spacial score (nSPS) is 13.1. The van der Waals surface area contributed by atoms with E-state index in [1.807, 2.05) is 0 Å². The Balaban J connectivity index is 3.46. The predicted octanol–water partition coefficient (Wildman–Crippen LogP) is 24.3. The largest absolute Gasteiger partial charge is 0.462 e. The van der Waals surface area contributed by atoms with E-state index in [2.05, 4.69) is 148 Å². The Hall–Kier alpha value is -3.96. The van der Waals surface area contributed by atoms with Crippen LogP contribution in [0.15, 0.2) is 134 Å². The van der Waals surface area contributed by atoms with Gasteiger partial charge in [-0.15, -0.1) is 0 Å². The molecule has 0 aromatic heterocycles. The van der Waals surface area contributed by atoms with Crippen LogP contribution in [0.25, 0.3) is 0 Å². The van der Waals surface area contributed by atoms with Crippen LogP contribution in [0.4, 0.5) is 0 Å². The number of esters is 2. The summed E-state index contributed by atoms with van der Waals surface area (Å²) in [4.78, 5) is 24.7. The fourth-order valence-corrected chi connectivity index (χ4v) is 9.82. The van der Waals surface area contributed by atoms with Crippen LogP contribution >= 0.6 is 0 Å². The van der Waals surface area contributed by atoms with Gasteiger partial charge in [-0.25, -0.2) is 0 Å². The maximum Gasteiger partial charge on any atom is 0.306 e. The second-order valence-electron chi connectivity index (χ2n) is 22.8. The zero-order valence-electron chi connectivity index (χ0n) is 53.7. The number of allylic oxidation sites excluding steroid dienone is 22. The Morgan fingerprint density at radius 3 is 0.732 bits per heavy atom. The van der Waals surface area contributed by atoms with Gasteiger partial charge in [0, 0.05) is 12.8 Å². The summed E-state index contributed by atoms with van der Waals surface area (Å²) in [5, 5.41) is 9.70. The minimum absolute atomic E-state index is 0.0703. The topological polar surface area (TPSA) is 72.8 Å². The summed E-state index contributed by atoms with van der Waals surface area (Å²) in [6.07, 6.45) is 106. The highest BCUT2D eigenvalue weighted by Gasteiger charge is 2.16. The number of hydrogen-bond donors (Lipinski definition) is 1. The van der Waals surface area contributed by atoms with Gasteiger partial charge in [-0.05, 0) is 109 Å². The molecular weight excluding hydrogens is 1000 g/mol. The third-order valence-corrected chi connectivity index (χ3v) is 14.9. The van der Waals surface area contributed by atoms with Gasteiger partial charge in [-0.2, -0.15) is 0 Å². The maximum atomic E-state index is 12.4. The minimum atomic E-state index is -0.782. The number of rotatable bonds is 63. The van der Waals surface area contributed by atoms with Crippen molar-refractivity contribution in [3.05, 3.63) is 134 Å². The van der Waals surface area contributed by atoms with Crippen molar-refractivity contribution in [2.75, 3.05) is 13.2 Å². The molecule has 1 N–H and O–H groups in total. The van der Waals surface area contributed by atoms with E-state index < -0.39 is 6.10 Å². The summed E-state index contributed by atoms with van der Waals surface area (Å²) in [6, 6.07) is 0. The van der Waals surface area contributed by atoms with Crippen molar-refractivity contribution in [1.82, 2.24) is 0 Å². The highest BCUT2D eigenvalue weighted by atomic mass is 16.6. The van der Waals surface area contributed by atoms with Crippen LogP contribution in [-0.4, -0.2) is 36.4 Å². The standard InChI is InChI=1S/C77H130O5/c1-3-5-7-9-11-13-15-17-19-21-23-25-27-29-31-33-34-35-36-37-38-39-40-41-42-44-45-47-49-51-53-55-57-59-61-63-65-67-69-71-76(79)81-74-75(73-78)82-77(80)72-70-68-66-64-62-60-58-56-54-52-50-48-46-43-32-30-28-26-24-22-20-18-16-14-12-10-8-6-4-2/h5-8,11-14,17-20,23-26,29-32,46,48,75,78H,3-4,9-10,15-16,21-22,27-28,33-45,47,49-74H2,1-2H3/b7-5-,8-6-,13-11-,14-12-,19-17-,20-18-,25-23-,26-24-,31-29-,32-30-,48-46-. The Morgan fingerprint density at radius 2 is 0.488 bits per heavy atom. The summed E-state index contributed by atoms with van der Waals surface area (Å²) in [5.41, 5.74) is 0. The lowest BCUT2D eigenvalue weighted by Crippen LogP contribution is -2.28. The molecule has 1 atom stereocenters. The molecule has 0 heterocycles. The molecule has 0 spiro atoms. The van der Waals surface area contributed by atoms with Gasteiger partial charge in [0.2, 0.25) is 0 Å². The third kappa shape index (κ3) is 68.5. The third-order valence-electron chi connectivity index (χ3n) is 14.9. The highest BCUT2D eigenvalue weighted by molar-refractivity contribution is 5.70. The van der Waals surface area contributed by atoms with Crippen molar-refractivity contribution in [1.29, 1.82) is 0 Å². The fraction of sp³-hybridized carbons (Fsp3) is 0.688. The smallest absolute Gasteiger partial charge is 0.306 e. The van der Waals surface area contributed by atoms with Crippen molar-refractivity contribution in [3.63, 3.8) is 0 Å². The molecule has 0 fully saturated rings. The van der Waals surface area contributed by atoms with Gasteiger partial charge in [0.05, 0.1) is 6.61 Å². The van der Waals surface area contributed by atoms with Gasteiger partial charge in [0.15, 0.2) is 6.10 Å². The predicted molar refractivity (Wildman–Crippen MR) is 361 cm³/mol. The highest BCUT2D eigenvalue weighted by Crippen LogP contribution is 2.17. The fourth-order valence-electron chi connectivity index (χ4n) is 9.82. The summed E-state index contributed by atoms with van der Waals surface area (Å²) < 4.78 is 10.8. The molecule has 82 heavy (non-hydrogen) atoms. The van der Waals surface area contributed by atoms with E-state index in [4.69, 9.17) is 9.47 Å². The Bertz CT molecular complexity index is 1670. The average Bonchev–Trinajstić information content (AvgIpc) is 3.49. The van der Waals surface area contributed by atoms with Crippen LogP contribution in [0, 0.1) is 0 Å². The first-order valence-corrected chi connectivity index (χ1v) is 34.7. The van der Waals surface area contributed by atoms with E-state index in [0.29, 0.717) is 12.8 Å². The quantitative estimate of drug-likeness (QED) is 0.0373. The molecule has 0 aromatic rings. The van der Waals surface area contributed by atoms with E-state index >= 15 is 0 Å². The lowest BCUT2D eigenvalue weighted by atomic mass is 10.0. The van der Waals surface area contributed by atoms with Crippen molar-refractivity contribution in [2.45, 2.75) is 328 Å². The van der Waals surface area contributed by atoms with Gasteiger partial charge >= 0.3 is 11.9 Å². The number of carbonyl (C=O) groups is 2. The van der Waals surface area contributed by atoms with Crippen LogP contribution in [0.1, 0.15) is 322 Å². The van der Waals surface area contributed by atoms with E-state index in [0.717, 1.165) is 109 Å². The Labute approximate surface area is 508 Å². The molecule has 0 saturated carbocycles. The van der Waals surface area contributed by atoms with Gasteiger partial charge in [0.25, 0.3) is 0 Å². The maximum absolute atomic E-state index is 12.4. The van der Waals surface area contributed by atoms with Crippen molar-refractivity contribution >= 4 is 11.9 Å². The van der Waals surface area contributed by atoms with Crippen LogP contribution in [0.5, 0.6) is 0 Å². The van der Waals surface area contributed by atoms with E-state index in [1.165, 1.54) is 186 Å². The molecular formula is C77H130O5. The first kappa shape index (κ1) is 78.0. The van der Waals surface area contributed by atoms with Gasteiger partial charge < -0.3 is 14.6 Å². The van der Waals surface area contributed by atoms with Crippen molar-refractivity contribution in [3.8, 4) is 0 Å². The van der Waals surface area contributed by atoms with E-state index in [9.17, 15) is 14.7 Å². The number of hydrogen-bond acceptors (Lipinski definition) is 5. The van der Waals surface area contributed by atoms with Crippen LogP contribution in [0.3, 0.4) is 0 Å². The molecule has 0 aromatic carbocycles. The first-order valence-electron chi connectivity index (χ1n) is 34.7. The zero-order valence-corrected chi connectivity index (χ0v) is 53.7.